The molecule has 17 heteroatoms. The highest BCUT2D eigenvalue weighted by atomic mass is 19.3. The smallest absolute Gasteiger partial charge is 0.351 e. The quantitative estimate of drug-likeness (QED) is 0.126. The molecule has 1 aliphatic heterocycles. The predicted octanol–water partition coefficient (Wildman–Crippen LogP) is -1.60. The molecule has 8 N–H and O–H groups in total. The third kappa shape index (κ3) is 9.34. The van der Waals surface area contributed by atoms with E-state index in [1.54, 1.807) is 30.3 Å². The second-order valence-electron chi connectivity index (χ2n) is 10.8. The van der Waals surface area contributed by atoms with Crippen molar-refractivity contribution in [2.45, 2.75) is 63.1 Å². The largest absolute Gasteiger partial charge is 0.394 e. The first kappa shape index (κ1) is 35.2. The summed E-state index contributed by atoms with van der Waals surface area (Å²) in [4.78, 5) is 66.6. The Bertz CT molecular complexity index is 1410. The van der Waals surface area contributed by atoms with Gasteiger partial charge in [-0.1, -0.05) is 44.2 Å². The van der Waals surface area contributed by atoms with Crippen LogP contribution in [0, 0.1) is 5.92 Å². The van der Waals surface area contributed by atoms with Crippen LogP contribution in [-0.4, -0.2) is 93.3 Å². The molecule has 1 aromatic heterocycles. The molecule has 3 rings (SSSR count). The zero-order valence-corrected chi connectivity index (χ0v) is 24.6. The van der Waals surface area contributed by atoms with Gasteiger partial charge in [0.15, 0.2) is 6.10 Å². The van der Waals surface area contributed by atoms with Gasteiger partial charge in [-0.05, 0) is 24.0 Å². The van der Waals surface area contributed by atoms with E-state index in [9.17, 15) is 37.9 Å². The summed E-state index contributed by atoms with van der Waals surface area (Å²) >= 11 is 0. The monoisotopic (exact) mass is 637 g/mol. The Kier molecular flexibility index (Phi) is 12.2. The number of nitrogens with zero attached hydrogens (tertiary/aromatic N) is 2. The number of hydrogen-bond donors (Lipinski definition) is 7. The minimum atomic E-state index is -3.91. The minimum absolute atomic E-state index is 0.0539. The van der Waals surface area contributed by atoms with Crippen LogP contribution in [0.5, 0.6) is 0 Å². The van der Waals surface area contributed by atoms with E-state index in [-0.39, 0.29) is 31.1 Å². The molecule has 1 saturated heterocycles. The molecule has 4 amide bonds. The van der Waals surface area contributed by atoms with Gasteiger partial charge < -0.3 is 42.0 Å². The molecule has 0 saturated carbocycles. The van der Waals surface area contributed by atoms with Crippen LogP contribution >= 0.6 is 0 Å². The number of anilines is 1. The van der Waals surface area contributed by atoms with Crippen molar-refractivity contribution in [1.29, 1.82) is 0 Å². The molecule has 2 aromatic rings. The molecule has 3 unspecified atom stereocenters. The first-order chi connectivity index (χ1) is 21.3. The van der Waals surface area contributed by atoms with Gasteiger partial charge in [0, 0.05) is 12.6 Å². The molecule has 1 aromatic carbocycles. The van der Waals surface area contributed by atoms with Crippen molar-refractivity contribution >= 4 is 29.4 Å². The van der Waals surface area contributed by atoms with Crippen molar-refractivity contribution in [3.63, 3.8) is 0 Å². The number of nitrogens with two attached hydrogens (primary N) is 1. The van der Waals surface area contributed by atoms with E-state index in [1.807, 2.05) is 13.8 Å². The number of aromatic nitrogens is 2. The lowest BCUT2D eigenvalue weighted by molar-refractivity contribution is -0.141. The van der Waals surface area contributed by atoms with E-state index in [4.69, 9.17) is 15.6 Å². The number of aliphatic hydroxyl groups excluding tert-OH is 2. The van der Waals surface area contributed by atoms with E-state index in [1.165, 1.54) is 0 Å². The number of rotatable bonds is 14. The van der Waals surface area contributed by atoms with Crippen molar-refractivity contribution in [3.8, 4) is 0 Å². The number of hydrogen-bond acceptors (Lipinski definition) is 10. The van der Waals surface area contributed by atoms with E-state index >= 15 is 0 Å². The van der Waals surface area contributed by atoms with Gasteiger partial charge in [-0.3, -0.25) is 23.7 Å². The van der Waals surface area contributed by atoms with Gasteiger partial charge in [0.05, 0.1) is 19.7 Å². The van der Waals surface area contributed by atoms with E-state index in [2.05, 4.69) is 26.3 Å². The van der Waals surface area contributed by atoms with E-state index in [0.717, 1.165) is 17.8 Å². The molecule has 45 heavy (non-hydrogen) atoms. The maximum Gasteiger partial charge on any atom is 0.351 e. The zero-order valence-electron chi connectivity index (χ0n) is 24.6. The predicted molar refractivity (Wildman–Crippen MR) is 155 cm³/mol. The average Bonchev–Trinajstić information content (AvgIpc) is 3.22. The summed E-state index contributed by atoms with van der Waals surface area (Å²) in [7, 11) is 0. The van der Waals surface area contributed by atoms with Crippen LogP contribution in [0.3, 0.4) is 0 Å². The Morgan fingerprint density at radius 3 is 2.33 bits per heavy atom. The minimum Gasteiger partial charge on any atom is -0.394 e. The number of alkyl halides is 2. The summed E-state index contributed by atoms with van der Waals surface area (Å²) in [6, 6.07) is 7.82. The van der Waals surface area contributed by atoms with Crippen molar-refractivity contribution in [2.75, 3.05) is 25.0 Å². The summed E-state index contributed by atoms with van der Waals surface area (Å²) in [6.45, 7) is 1.79. The summed E-state index contributed by atoms with van der Waals surface area (Å²) < 4.78 is 34.1. The number of carbonyl (C=O) groups excluding carboxylic acids is 4. The molecule has 1 aliphatic rings. The summed E-state index contributed by atoms with van der Waals surface area (Å²) in [5.74, 6) is -7.00. The van der Waals surface area contributed by atoms with Gasteiger partial charge in [-0.25, -0.2) is 4.79 Å². The van der Waals surface area contributed by atoms with Crippen LogP contribution < -0.4 is 32.7 Å². The van der Waals surface area contributed by atoms with Crippen LogP contribution in [0.15, 0.2) is 47.4 Å². The Balaban J connectivity index is 1.63. The van der Waals surface area contributed by atoms with Crippen molar-refractivity contribution in [2.24, 2.45) is 11.7 Å². The average molecular weight is 638 g/mol. The summed E-state index contributed by atoms with van der Waals surface area (Å²) in [5.41, 5.74) is 4.92. The van der Waals surface area contributed by atoms with Crippen LogP contribution in [0.25, 0.3) is 0 Å². The van der Waals surface area contributed by atoms with Gasteiger partial charge in [0.2, 0.25) is 29.9 Å². The highest BCUT2D eigenvalue weighted by molar-refractivity contribution is 5.96. The molecule has 0 aliphatic carbocycles. The number of ether oxygens (including phenoxy) is 1. The highest BCUT2D eigenvalue weighted by Crippen LogP contribution is 2.41. The van der Waals surface area contributed by atoms with Gasteiger partial charge in [-0.15, -0.1) is 0 Å². The van der Waals surface area contributed by atoms with Crippen LogP contribution in [-0.2, 0) is 30.3 Å². The van der Waals surface area contributed by atoms with Crippen molar-refractivity contribution < 1.29 is 42.9 Å². The third-order valence-corrected chi connectivity index (χ3v) is 6.79. The second-order valence-corrected chi connectivity index (χ2v) is 10.8. The zero-order chi connectivity index (χ0) is 33.3. The lowest BCUT2D eigenvalue weighted by Crippen LogP contribution is -2.55. The van der Waals surface area contributed by atoms with E-state index < -0.39 is 78.9 Å². The Hall–Kier alpha value is -4.32. The Morgan fingerprint density at radius 2 is 1.76 bits per heavy atom. The number of aliphatic hydroxyl groups is 2. The molecule has 1 fully saturated rings. The Morgan fingerprint density at radius 1 is 1.07 bits per heavy atom. The van der Waals surface area contributed by atoms with Gasteiger partial charge in [0.1, 0.15) is 24.0 Å². The summed E-state index contributed by atoms with van der Waals surface area (Å²) in [5, 5.41) is 28.6. The molecule has 246 valence electrons. The molecular weight excluding hydrogens is 600 g/mol. The molecule has 15 nitrogen and oxygen atoms in total. The molecule has 5 atom stereocenters. The number of carbonyl (C=O) groups is 4. The highest BCUT2D eigenvalue weighted by Gasteiger charge is 2.59. The normalized spacial score (nSPS) is 20.2. The molecule has 0 bridgehead atoms. The van der Waals surface area contributed by atoms with Crippen LogP contribution in [0.4, 0.5) is 14.6 Å². The fourth-order valence-electron chi connectivity index (χ4n) is 4.54. The van der Waals surface area contributed by atoms with Crippen molar-refractivity contribution in [1.82, 2.24) is 25.5 Å². The number of benzene rings is 1. The molecule has 0 spiro atoms. The van der Waals surface area contributed by atoms with Crippen LogP contribution in [0.1, 0.15) is 32.1 Å². The van der Waals surface area contributed by atoms with Gasteiger partial charge in [-0.2, -0.15) is 13.8 Å². The lowest BCUT2D eigenvalue weighted by Gasteiger charge is -2.24. The molecule has 0 radical (unpaired) electrons. The fourth-order valence-corrected chi connectivity index (χ4v) is 4.54. The SMILES string of the molecule is CC(C)CC(NC(=O)C(Cc1ccccc1)NC(=O)CN)C(=O)NCC(=O)Nc1ccn(C2O[C@H](CO)[C@H](O)C2(F)F)c(=O)n1. The van der Waals surface area contributed by atoms with Gasteiger partial charge in [0.25, 0.3) is 0 Å². The van der Waals surface area contributed by atoms with Crippen molar-refractivity contribution in [3.05, 3.63) is 58.6 Å². The number of nitrogens with one attached hydrogen (secondary N) is 4. The van der Waals surface area contributed by atoms with E-state index in [0.29, 0.717) is 4.57 Å². The number of halogens is 2. The standard InChI is InChI=1S/C28H37F2N7O8/c1-15(2)10-17(34-25(43)18(33-21(39)12-31)11-16-6-4-3-5-7-16)24(42)32-13-22(40)35-20-8-9-37(27(44)36-20)26-28(29,30)23(41)19(14-38)45-26/h3-9,15,17-19,23,26,38,41H,10-14,31H2,1-2H3,(H,32,42)(H,33,39)(H,34,43)(H,35,36,40,44)/t17?,18?,19-,23+,26?/m1/s1. The second kappa shape index (κ2) is 15.6. The summed E-state index contributed by atoms with van der Waals surface area (Å²) in [6.07, 6.45) is -5.01. The first-order valence-electron chi connectivity index (χ1n) is 14.1. The number of amides is 4. The van der Waals surface area contributed by atoms with Gasteiger partial charge >= 0.3 is 11.6 Å². The third-order valence-electron chi connectivity index (χ3n) is 6.79. The lowest BCUT2D eigenvalue weighted by atomic mass is 10.0. The molecule has 2 heterocycles. The fraction of sp³-hybridized carbons (Fsp3) is 0.500. The maximum absolute atomic E-state index is 14.4. The van der Waals surface area contributed by atoms with Crippen LogP contribution in [0.2, 0.25) is 0 Å². The maximum atomic E-state index is 14.4. The Labute approximate surface area is 256 Å². The molecular formula is C28H37F2N7O8. The first-order valence-corrected chi connectivity index (χ1v) is 14.1. The topological polar surface area (TPSA) is 227 Å².